The van der Waals surface area contributed by atoms with Crippen molar-refractivity contribution in [3.05, 3.63) is 42.5 Å². The molecular weight excluding hydrogens is 214 g/mol. The van der Waals surface area contributed by atoms with Crippen LogP contribution >= 0.6 is 0 Å². The SMILES string of the molecule is NC1(c2ncc(-c3ccc(O)cc3)cn2)CC1. The molecule has 0 bridgehead atoms. The number of aromatic nitrogens is 2. The molecule has 4 nitrogen and oxygen atoms in total. The maximum absolute atomic E-state index is 9.21. The third-order valence-corrected chi connectivity index (χ3v) is 3.09. The van der Waals surface area contributed by atoms with Gasteiger partial charge >= 0.3 is 0 Å². The highest BCUT2D eigenvalue weighted by atomic mass is 16.3. The molecular formula is C13H13N3O. The van der Waals surface area contributed by atoms with Gasteiger partial charge in [-0.1, -0.05) is 12.1 Å². The summed E-state index contributed by atoms with van der Waals surface area (Å²) >= 11 is 0. The Hall–Kier alpha value is -1.94. The molecule has 0 unspecified atom stereocenters. The van der Waals surface area contributed by atoms with Gasteiger partial charge < -0.3 is 10.8 Å². The van der Waals surface area contributed by atoms with Crippen molar-refractivity contribution in [2.45, 2.75) is 18.4 Å². The summed E-state index contributed by atoms with van der Waals surface area (Å²) in [5.41, 5.74) is 7.65. The van der Waals surface area contributed by atoms with Crippen LogP contribution in [0.1, 0.15) is 18.7 Å². The maximum atomic E-state index is 9.21. The fourth-order valence-corrected chi connectivity index (χ4v) is 1.75. The molecule has 1 aromatic heterocycles. The van der Waals surface area contributed by atoms with E-state index in [0.717, 1.165) is 29.8 Å². The Morgan fingerprint density at radius 3 is 2.12 bits per heavy atom. The second kappa shape index (κ2) is 3.53. The number of phenolic OH excluding ortho intramolecular Hbond substituents is 1. The Balaban J connectivity index is 1.91. The second-order valence-electron chi connectivity index (χ2n) is 4.50. The third kappa shape index (κ3) is 1.87. The standard InChI is InChI=1S/C13H13N3O/c14-13(5-6-13)12-15-7-10(8-16-12)9-1-3-11(17)4-2-9/h1-4,7-8,17H,5-6,14H2. The molecule has 2 aromatic rings. The molecule has 0 aliphatic heterocycles. The number of nitrogens with two attached hydrogens (primary N) is 1. The largest absolute Gasteiger partial charge is 0.508 e. The molecule has 3 rings (SSSR count). The van der Waals surface area contributed by atoms with E-state index >= 15 is 0 Å². The summed E-state index contributed by atoms with van der Waals surface area (Å²) in [5, 5.41) is 9.21. The first kappa shape index (κ1) is 10.2. The highest BCUT2D eigenvalue weighted by molar-refractivity contribution is 5.62. The van der Waals surface area contributed by atoms with Crippen molar-refractivity contribution in [1.82, 2.24) is 9.97 Å². The van der Waals surface area contributed by atoms with E-state index in [4.69, 9.17) is 5.73 Å². The van der Waals surface area contributed by atoms with Crippen molar-refractivity contribution in [3.8, 4) is 16.9 Å². The van der Waals surface area contributed by atoms with Crippen molar-refractivity contribution in [1.29, 1.82) is 0 Å². The zero-order valence-electron chi connectivity index (χ0n) is 9.30. The van der Waals surface area contributed by atoms with E-state index in [1.165, 1.54) is 0 Å². The van der Waals surface area contributed by atoms with Crippen molar-refractivity contribution in [3.63, 3.8) is 0 Å². The topological polar surface area (TPSA) is 72.0 Å². The van der Waals surface area contributed by atoms with Crippen LogP contribution in [0.4, 0.5) is 0 Å². The predicted octanol–water partition coefficient (Wildman–Crippen LogP) is 1.80. The van der Waals surface area contributed by atoms with Gasteiger partial charge in [0.15, 0.2) is 0 Å². The molecule has 17 heavy (non-hydrogen) atoms. The lowest BCUT2D eigenvalue weighted by atomic mass is 10.1. The minimum Gasteiger partial charge on any atom is -0.508 e. The van der Waals surface area contributed by atoms with E-state index in [-0.39, 0.29) is 11.3 Å². The number of rotatable bonds is 2. The lowest BCUT2D eigenvalue weighted by molar-refractivity contribution is 0.475. The fraction of sp³-hybridized carbons (Fsp3) is 0.231. The Labute approximate surface area is 99.2 Å². The number of aromatic hydroxyl groups is 1. The van der Waals surface area contributed by atoms with E-state index < -0.39 is 0 Å². The van der Waals surface area contributed by atoms with Gasteiger partial charge in [0.1, 0.15) is 11.6 Å². The number of hydrogen-bond donors (Lipinski definition) is 2. The molecule has 0 radical (unpaired) electrons. The fourth-order valence-electron chi connectivity index (χ4n) is 1.75. The molecule has 0 saturated heterocycles. The molecule has 4 heteroatoms. The number of benzene rings is 1. The summed E-state index contributed by atoms with van der Waals surface area (Å²) in [6.07, 6.45) is 5.49. The molecule has 1 aliphatic carbocycles. The van der Waals surface area contributed by atoms with Crippen LogP contribution in [0.15, 0.2) is 36.7 Å². The van der Waals surface area contributed by atoms with Gasteiger partial charge in [-0.2, -0.15) is 0 Å². The van der Waals surface area contributed by atoms with Gasteiger partial charge in [-0.05, 0) is 30.5 Å². The van der Waals surface area contributed by atoms with E-state index in [9.17, 15) is 5.11 Å². The molecule has 1 aliphatic rings. The summed E-state index contributed by atoms with van der Waals surface area (Å²) in [6.45, 7) is 0. The molecule has 3 N–H and O–H groups in total. The van der Waals surface area contributed by atoms with E-state index in [2.05, 4.69) is 9.97 Å². The number of phenols is 1. The van der Waals surface area contributed by atoms with Crippen molar-refractivity contribution < 1.29 is 5.11 Å². The molecule has 0 spiro atoms. The summed E-state index contributed by atoms with van der Waals surface area (Å²) in [6, 6.07) is 6.97. The van der Waals surface area contributed by atoms with E-state index in [1.54, 1.807) is 24.5 Å². The lowest BCUT2D eigenvalue weighted by Gasteiger charge is -2.07. The molecule has 0 amide bonds. The van der Waals surface area contributed by atoms with Gasteiger partial charge in [-0.15, -0.1) is 0 Å². The summed E-state index contributed by atoms with van der Waals surface area (Å²) in [4.78, 5) is 8.63. The molecule has 1 heterocycles. The molecule has 1 aromatic carbocycles. The summed E-state index contributed by atoms with van der Waals surface area (Å²) in [7, 11) is 0. The monoisotopic (exact) mass is 227 g/mol. The smallest absolute Gasteiger partial charge is 0.148 e. The maximum Gasteiger partial charge on any atom is 0.148 e. The second-order valence-corrected chi connectivity index (χ2v) is 4.50. The van der Waals surface area contributed by atoms with Gasteiger partial charge in [0, 0.05) is 18.0 Å². The van der Waals surface area contributed by atoms with Gasteiger partial charge in [0.25, 0.3) is 0 Å². The number of hydrogen-bond acceptors (Lipinski definition) is 4. The van der Waals surface area contributed by atoms with E-state index in [1.807, 2.05) is 12.1 Å². The van der Waals surface area contributed by atoms with Crippen LogP contribution in [-0.2, 0) is 5.54 Å². The van der Waals surface area contributed by atoms with Crippen LogP contribution in [0.25, 0.3) is 11.1 Å². The van der Waals surface area contributed by atoms with Crippen LogP contribution in [0, 0.1) is 0 Å². The van der Waals surface area contributed by atoms with Gasteiger partial charge in [0.2, 0.25) is 0 Å². The Bertz CT molecular complexity index is 530. The average molecular weight is 227 g/mol. The molecule has 1 saturated carbocycles. The zero-order valence-corrected chi connectivity index (χ0v) is 9.30. The minimum absolute atomic E-state index is 0.255. The minimum atomic E-state index is -0.284. The van der Waals surface area contributed by atoms with Crippen molar-refractivity contribution in [2.24, 2.45) is 5.73 Å². The van der Waals surface area contributed by atoms with E-state index in [0.29, 0.717) is 0 Å². The van der Waals surface area contributed by atoms with Crippen LogP contribution in [-0.4, -0.2) is 15.1 Å². The summed E-state index contributed by atoms with van der Waals surface area (Å²) in [5.74, 6) is 0.977. The summed E-state index contributed by atoms with van der Waals surface area (Å²) < 4.78 is 0. The number of nitrogens with zero attached hydrogens (tertiary/aromatic N) is 2. The molecule has 86 valence electrons. The first-order valence-electron chi connectivity index (χ1n) is 5.58. The Morgan fingerprint density at radius 1 is 1.00 bits per heavy atom. The van der Waals surface area contributed by atoms with Gasteiger partial charge in [-0.3, -0.25) is 0 Å². The normalized spacial score (nSPS) is 16.8. The zero-order chi connectivity index (χ0) is 11.9. The first-order chi connectivity index (χ1) is 8.17. The highest BCUT2D eigenvalue weighted by Crippen LogP contribution is 2.40. The van der Waals surface area contributed by atoms with Gasteiger partial charge in [-0.25, -0.2) is 9.97 Å². The Morgan fingerprint density at radius 2 is 1.59 bits per heavy atom. The lowest BCUT2D eigenvalue weighted by Crippen LogP contribution is -2.21. The van der Waals surface area contributed by atoms with Crippen molar-refractivity contribution >= 4 is 0 Å². The molecule has 1 fully saturated rings. The van der Waals surface area contributed by atoms with Gasteiger partial charge in [0.05, 0.1) is 5.54 Å². The average Bonchev–Trinajstić information content (AvgIpc) is 3.10. The Kier molecular flexibility index (Phi) is 2.12. The molecule has 0 atom stereocenters. The van der Waals surface area contributed by atoms with Crippen LogP contribution in [0.5, 0.6) is 5.75 Å². The predicted molar refractivity (Wildman–Crippen MR) is 64.2 cm³/mol. The first-order valence-corrected chi connectivity index (χ1v) is 5.58. The van der Waals surface area contributed by atoms with Crippen molar-refractivity contribution in [2.75, 3.05) is 0 Å². The quantitative estimate of drug-likeness (QED) is 0.820. The van der Waals surface area contributed by atoms with Crippen LogP contribution in [0.2, 0.25) is 0 Å². The van der Waals surface area contributed by atoms with Crippen LogP contribution < -0.4 is 5.73 Å². The van der Waals surface area contributed by atoms with Crippen LogP contribution in [0.3, 0.4) is 0 Å². The highest BCUT2D eigenvalue weighted by Gasteiger charge is 2.42. The third-order valence-electron chi connectivity index (χ3n) is 3.09.